The summed E-state index contributed by atoms with van der Waals surface area (Å²) in [7, 11) is 0. The normalized spacial score (nSPS) is 16.9. The van der Waals surface area contributed by atoms with Crippen LogP contribution in [0.1, 0.15) is 30.9 Å². The van der Waals surface area contributed by atoms with E-state index < -0.39 is 0 Å². The first-order valence-electron chi connectivity index (χ1n) is 6.83. The fourth-order valence-electron chi connectivity index (χ4n) is 2.56. The second kappa shape index (κ2) is 6.01. The maximum atomic E-state index is 12.2. The average molecular weight is 246 g/mol. The van der Waals surface area contributed by atoms with Crippen molar-refractivity contribution in [1.29, 1.82) is 0 Å². The average Bonchev–Trinajstić information content (AvgIpc) is 2.60. The Hall–Kier alpha value is -1.35. The van der Waals surface area contributed by atoms with Crippen LogP contribution in [-0.2, 0) is 17.6 Å². The van der Waals surface area contributed by atoms with Gasteiger partial charge in [-0.05, 0) is 30.4 Å². The number of benzene rings is 1. The number of nitrogens with zero attached hydrogens (tertiary/aromatic N) is 1. The summed E-state index contributed by atoms with van der Waals surface area (Å²) >= 11 is 0. The molecule has 1 heterocycles. The SMILES string of the molecule is CCC[C@@H](N)C(=O)N1CCc2ccccc2CC1. The summed E-state index contributed by atoms with van der Waals surface area (Å²) in [6, 6.07) is 8.14. The van der Waals surface area contributed by atoms with E-state index in [-0.39, 0.29) is 11.9 Å². The number of fused-ring (bicyclic) bond motifs is 1. The zero-order chi connectivity index (χ0) is 13.0. The molecule has 0 aliphatic carbocycles. The van der Waals surface area contributed by atoms with Crippen LogP contribution in [0, 0.1) is 0 Å². The molecule has 1 atom stereocenters. The lowest BCUT2D eigenvalue weighted by Gasteiger charge is -2.23. The van der Waals surface area contributed by atoms with Gasteiger partial charge >= 0.3 is 0 Å². The first-order chi connectivity index (χ1) is 8.72. The summed E-state index contributed by atoms with van der Waals surface area (Å²) in [5.74, 6) is 0.115. The van der Waals surface area contributed by atoms with Crippen LogP contribution in [0.25, 0.3) is 0 Å². The molecule has 0 unspecified atom stereocenters. The molecule has 1 aliphatic heterocycles. The highest BCUT2D eigenvalue weighted by atomic mass is 16.2. The van der Waals surface area contributed by atoms with Crippen molar-refractivity contribution >= 4 is 5.91 Å². The van der Waals surface area contributed by atoms with Gasteiger partial charge in [-0.1, -0.05) is 37.6 Å². The highest BCUT2D eigenvalue weighted by molar-refractivity contribution is 5.81. The lowest BCUT2D eigenvalue weighted by atomic mass is 10.0. The monoisotopic (exact) mass is 246 g/mol. The molecular weight excluding hydrogens is 224 g/mol. The van der Waals surface area contributed by atoms with Crippen molar-refractivity contribution in [2.45, 2.75) is 38.6 Å². The molecule has 18 heavy (non-hydrogen) atoms. The molecule has 2 rings (SSSR count). The molecule has 2 N–H and O–H groups in total. The Balaban J connectivity index is 2.01. The smallest absolute Gasteiger partial charge is 0.239 e. The van der Waals surface area contributed by atoms with Crippen molar-refractivity contribution in [3.63, 3.8) is 0 Å². The van der Waals surface area contributed by atoms with Gasteiger partial charge in [-0.3, -0.25) is 4.79 Å². The molecule has 0 bridgehead atoms. The van der Waals surface area contributed by atoms with Crippen molar-refractivity contribution in [3.8, 4) is 0 Å². The van der Waals surface area contributed by atoms with Crippen LogP contribution in [-0.4, -0.2) is 29.9 Å². The summed E-state index contributed by atoms with van der Waals surface area (Å²) in [5, 5.41) is 0. The van der Waals surface area contributed by atoms with Crippen LogP contribution in [0.15, 0.2) is 24.3 Å². The minimum absolute atomic E-state index is 0.115. The summed E-state index contributed by atoms with van der Waals surface area (Å²) in [5.41, 5.74) is 8.67. The number of rotatable bonds is 3. The van der Waals surface area contributed by atoms with E-state index in [0.29, 0.717) is 0 Å². The maximum Gasteiger partial charge on any atom is 0.239 e. The van der Waals surface area contributed by atoms with Crippen molar-refractivity contribution in [3.05, 3.63) is 35.4 Å². The van der Waals surface area contributed by atoms with Gasteiger partial charge in [0.25, 0.3) is 0 Å². The molecule has 3 heteroatoms. The standard InChI is InChI=1S/C15H22N2O/c1-2-5-14(16)15(18)17-10-8-12-6-3-4-7-13(12)9-11-17/h3-4,6-7,14H,2,5,8-11,16H2,1H3/t14-/m1/s1. The highest BCUT2D eigenvalue weighted by Crippen LogP contribution is 2.16. The van der Waals surface area contributed by atoms with Crippen LogP contribution >= 0.6 is 0 Å². The maximum absolute atomic E-state index is 12.2. The van der Waals surface area contributed by atoms with Crippen molar-refractivity contribution < 1.29 is 4.79 Å². The predicted molar refractivity (Wildman–Crippen MR) is 73.3 cm³/mol. The van der Waals surface area contributed by atoms with Crippen LogP contribution in [0.4, 0.5) is 0 Å². The molecule has 0 saturated heterocycles. The van der Waals surface area contributed by atoms with E-state index in [0.717, 1.165) is 38.8 Å². The van der Waals surface area contributed by atoms with Crippen molar-refractivity contribution in [1.82, 2.24) is 4.90 Å². The number of carbonyl (C=O) groups is 1. The quantitative estimate of drug-likeness (QED) is 0.883. The molecule has 0 aromatic heterocycles. The Morgan fingerprint density at radius 1 is 1.28 bits per heavy atom. The van der Waals surface area contributed by atoms with Gasteiger partial charge in [0, 0.05) is 13.1 Å². The topological polar surface area (TPSA) is 46.3 Å². The minimum atomic E-state index is -0.323. The minimum Gasteiger partial charge on any atom is -0.341 e. The second-order valence-corrected chi connectivity index (χ2v) is 4.99. The first-order valence-corrected chi connectivity index (χ1v) is 6.83. The molecule has 0 radical (unpaired) electrons. The van der Waals surface area contributed by atoms with E-state index in [4.69, 9.17) is 5.73 Å². The molecule has 1 aromatic carbocycles. The lowest BCUT2D eigenvalue weighted by molar-refractivity contribution is -0.132. The van der Waals surface area contributed by atoms with E-state index >= 15 is 0 Å². The predicted octanol–water partition coefficient (Wildman–Crippen LogP) is 1.74. The molecule has 3 nitrogen and oxygen atoms in total. The van der Waals surface area contributed by atoms with Crippen molar-refractivity contribution in [2.24, 2.45) is 5.73 Å². The molecule has 98 valence electrons. The fourth-order valence-corrected chi connectivity index (χ4v) is 2.56. The van der Waals surface area contributed by atoms with Crippen LogP contribution in [0.5, 0.6) is 0 Å². The van der Waals surface area contributed by atoms with Gasteiger partial charge in [-0.2, -0.15) is 0 Å². The molecule has 0 spiro atoms. The summed E-state index contributed by atoms with van der Waals surface area (Å²) in [6.07, 6.45) is 3.63. The number of nitrogens with two attached hydrogens (primary N) is 1. The van der Waals surface area contributed by atoms with E-state index in [1.165, 1.54) is 11.1 Å². The molecule has 1 amide bonds. The van der Waals surface area contributed by atoms with Crippen LogP contribution < -0.4 is 5.73 Å². The second-order valence-electron chi connectivity index (χ2n) is 4.99. The van der Waals surface area contributed by atoms with Crippen LogP contribution in [0.3, 0.4) is 0 Å². The Morgan fingerprint density at radius 2 is 1.83 bits per heavy atom. The fraction of sp³-hybridized carbons (Fsp3) is 0.533. The zero-order valence-corrected chi connectivity index (χ0v) is 11.1. The van der Waals surface area contributed by atoms with Gasteiger partial charge in [0.15, 0.2) is 0 Å². The third-order valence-corrected chi connectivity index (χ3v) is 3.65. The number of amides is 1. The van der Waals surface area contributed by atoms with Gasteiger partial charge in [-0.15, -0.1) is 0 Å². The first kappa shape index (κ1) is 13.1. The number of carbonyl (C=O) groups excluding carboxylic acids is 1. The Kier molecular flexibility index (Phi) is 4.37. The Morgan fingerprint density at radius 3 is 2.33 bits per heavy atom. The molecule has 0 saturated carbocycles. The molecule has 1 aliphatic rings. The van der Waals surface area contributed by atoms with Gasteiger partial charge in [0.05, 0.1) is 6.04 Å². The van der Waals surface area contributed by atoms with Crippen LogP contribution in [0.2, 0.25) is 0 Å². The number of hydrogen-bond acceptors (Lipinski definition) is 2. The molecule has 0 fully saturated rings. The van der Waals surface area contributed by atoms with Gasteiger partial charge in [-0.25, -0.2) is 0 Å². The largest absolute Gasteiger partial charge is 0.341 e. The zero-order valence-electron chi connectivity index (χ0n) is 11.1. The summed E-state index contributed by atoms with van der Waals surface area (Å²) in [6.45, 7) is 3.66. The third kappa shape index (κ3) is 2.91. The van der Waals surface area contributed by atoms with E-state index in [9.17, 15) is 4.79 Å². The summed E-state index contributed by atoms with van der Waals surface area (Å²) in [4.78, 5) is 14.1. The highest BCUT2D eigenvalue weighted by Gasteiger charge is 2.22. The van der Waals surface area contributed by atoms with E-state index in [2.05, 4.69) is 31.2 Å². The molecule has 1 aromatic rings. The van der Waals surface area contributed by atoms with Gasteiger partial charge in [0.1, 0.15) is 0 Å². The third-order valence-electron chi connectivity index (χ3n) is 3.65. The van der Waals surface area contributed by atoms with E-state index in [1.807, 2.05) is 4.90 Å². The van der Waals surface area contributed by atoms with Crippen molar-refractivity contribution in [2.75, 3.05) is 13.1 Å². The Bertz CT molecular complexity index is 390. The van der Waals surface area contributed by atoms with E-state index in [1.54, 1.807) is 0 Å². The van der Waals surface area contributed by atoms with Gasteiger partial charge < -0.3 is 10.6 Å². The van der Waals surface area contributed by atoms with Gasteiger partial charge in [0.2, 0.25) is 5.91 Å². The lowest BCUT2D eigenvalue weighted by Crippen LogP contribution is -2.44. The molecular formula is C15H22N2O. The number of hydrogen-bond donors (Lipinski definition) is 1. The Labute approximate surface area is 109 Å². The summed E-state index contributed by atoms with van der Waals surface area (Å²) < 4.78 is 0.